The van der Waals surface area contributed by atoms with Crippen molar-refractivity contribution in [3.63, 3.8) is 0 Å². The van der Waals surface area contributed by atoms with Crippen LogP contribution in [0.25, 0.3) is 0 Å². The second-order valence-corrected chi connectivity index (χ2v) is 11.6. The molecule has 0 bridgehead atoms. The van der Waals surface area contributed by atoms with E-state index in [9.17, 15) is 39.2 Å². The molecule has 16 nitrogen and oxygen atoms in total. The number of nitrogens with zero attached hydrogens (tertiary/aromatic N) is 2. The number of rotatable bonds is 14. The van der Waals surface area contributed by atoms with Crippen LogP contribution >= 0.6 is 0 Å². The highest BCUT2D eigenvalue weighted by atomic mass is 16.7. The molecule has 0 spiro atoms. The van der Waals surface area contributed by atoms with Gasteiger partial charge < -0.3 is 36.3 Å². The van der Waals surface area contributed by atoms with E-state index in [1.54, 1.807) is 58.9 Å². The average Bonchev–Trinajstić information content (AvgIpc) is 2.96. The Balaban J connectivity index is 2.08. The number of carboxylic acid groups (broad SMARTS) is 1. The summed E-state index contributed by atoms with van der Waals surface area (Å²) in [6.45, 7) is 8.39. The summed E-state index contributed by atoms with van der Waals surface area (Å²) < 4.78 is 10.1. The maximum atomic E-state index is 13.4. The van der Waals surface area contributed by atoms with Crippen LogP contribution in [-0.4, -0.2) is 69.2 Å². The molecule has 5 amide bonds. The van der Waals surface area contributed by atoms with Crippen molar-refractivity contribution >= 4 is 41.5 Å². The van der Waals surface area contributed by atoms with E-state index in [2.05, 4.69) is 16.0 Å². The van der Waals surface area contributed by atoms with Gasteiger partial charge in [-0.15, -0.1) is 0 Å². The first-order chi connectivity index (χ1) is 21.5. The van der Waals surface area contributed by atoms with Crippen LogP contribution in [0.1, 0.15) is 53.0 Å². The summed E-state index contributed by atoms with van der Waals surface area (Å²) >= 11 is 0. The molecule has 0 saturated heterocycles. The molecule has 2 aromatic rings. The lowest BCUT2D eigenvalue weighted by Crippen LogP contribution is -2.60. The summed E-state index contributed by atoms with van der Waals surface area (Å²) in [7, 11) is 0. The van der Waals surface area contributed by atoms with Crippen LogP contribution in [0.2, 0.25) is 0 Å². The number of nitrogens with one attached hydrogen (secondary N) is 3. The number of urea groups is 1. The topological polar surface area (TPSA) is 233 Å². The third-order valence-corrected chi connectivity index (χ3v) is 6.54. The van der Waals surface area contributed by atoms with Gasteiger partial charge in [-0.2, -0.15) is 0 Å². The predicted molar refractivity (Wildman–Crippen MR) is 166 cm³/mol. The van der Waals surface area contributed by atoms with E-state index in [4.69, 9.17) is 15.2 Å². The standard InChI is InChI=1S/C30H40N6O10/c1-18(2)24(35(28(40)41)30(3,4)5)26(38)34-23(7-6-16-32-27(31)39)25(37)33-20-10-8-19(9-11-20)17-45-29(42)46-22-14-12-21(13-15-22)36(43)44/h8-15,18,23-24H,6-7,16-17H2,1-5H3,(H,33,37)(H,34,38)(H,40,41)(H3,31,32,39)/t23-,24-/m0/s1. The quantitative estimate of drug-likeness (QED) is 0.0652. The van der Waals surface area contributed by atoms with Gasteiger partial charge in [0.15, 0.2) is 0 Å². The monoisotopic (exact) mass is 644 g/mol. The molecule has 0 aromatic heterocycles. The van der Waals surface area contributed by atoms with Gasteiger partial charge in [-0.05, 0) is 69.4 Å². The average molecular weight is 645 g/mol. The zero-order chi connectivity index (χ0) is 34.6. The van der Waals surface area contributed by atoms with Crippen molar-refractivity contribution in [3.8, 4) is 5.75 Å². The Kier molecular flexibility index (Phi) is 13.3. The van der Waals surface area contributed by atoms with E-state index in [0.717, 1.165) is 4.90 Å². The van der Waals surface area contributed by atoms with Crippen molar-refractivity contribution in [2.45, 2.75) is 71.7 Å². The molecule has 0 aliphatic heterocycles. The van der Waals surface area contributed by atoms with Crippen LogP contribution in [0, 0.1) is 16.0 Å². The Hall–Kier alpha value is -5.41. The Morgan fingerprint density at radius 3 is 2.11 bits per heavy atom. The molecule has 16 heteroatoms. The zero-order valence-electron chi connectivity index (χ0n) is 26.3. The van der Waals surface area contributed by atoms with E-state index >= 15 is 0 Å². The van der Waals surface area contributed by atoms with Crippen molar-refractivity contribution in [2.75, 3.05) is 11.9 Å². The van der Waals surface area contributed by atoms with Gasteiger partial charge in [0.2, 0.25) is 11.8 Å². The molecule has 46 heavy (non-hydrogen) atoms. The summed E-state index contributed by atoms with van der Waals surface area (Å²) in [6.07, 6.45) is -1.92. The van der Waals surface area contributed by atoms with E-state index in [-0.39, 0.29) is 37.4 Å². The van der Waals surface area contributed by atoms with E-state index < -0.39 is 58.6 Å². The van der Waals surface area contributed by atoms with Gasteiger partial charge in [-0.25, -0.2) is 14.4 Å². The van der Waals surface area contributed by atoms with E-state index in [1.807, 2.05) is 0 Å². The minimum Gasteiger partial charge on any atom is -0.465 e. The lowest BCUT2D eigenvalue weighted by atomic mass is 9.95. The Morgan fingerprint density at radius 1 is 1.00 bits per heavy atom. The van der Waals surface area contributed by atoms with Gasteiger partial charge in [0.1, 0.15) is 24.4 Å². The number of benzene rings is 2. The molecule has 6 N–H and O–H groups in total. The smallest absolute Gasteiger partial charge is 0.465 e. The Bertz CT molecular complexity index is 1390. The van der Waals surface area contributed by atoms with Gasteiger partial charge in [0.05, 0.1) is 4.92 Å². The molecule has 2 atom stereocenters. The minimum atomic E-state index is -1.28. The molecular weight excluding hydrogens is 604 g/mol. The van der Waals surface area contributed by atoms with Gasteiger partial charge in [0, 0.05) is 29.9 Å². The molecule has 0 heterocycles. The summed E-state index contributed by atoms with van der Waals surface area (Å²) in [6, 6.07) is 8.24. The molecule has 2 rings (SSSR count). The van der Waals surface area contributed by atoms with Gasteiger partial charge >= 0.3 is 18.3 Å². The number of primary amides is 1. The molecule has 0 aliphatic carbocycles. The molecular formula is C30H40N6O10. The van der Waals surface area contributed by atoms with E-state index in [0.29, 0.717) is 11.3 Å². The molecule has 2 aromatic carbocycles. The molecule has 250 valence electrons. The fourth-order valence-corrected chi connectivity index (χ4v) is 4.40. The van der Waals surface area contributed by atoms with Crippen LogP contribution in [0.4, 0.5) is 25.8 Å². The van der Waals surface area contributed by atoms with Gasteiger partial charge in [0.25, 0.3) is 5.69 Å². The number of nitro benzene ring substituents is 1. The fraction of sp³-hybridized carbons (Fsp3) is 0.433. The number of carbonyl (C=O) groups excluding carboxylic acids is 4. The number of ether oxygens (including phenoxy) is 2. The maximum Gasteiger partial charge on any atom is 0.514 e. The zero-order valence-corrected chi connectivity index (χ0v) is 26.3. The number of hydrogen-bond donors (Lipinski definition) is 5. The van der Waals surface area contributed by atoms with Crippen LogP contribution < -0.4 is 26.4 Å². The van der Waals surface area contributed by atoms with Crippen LogP contribution in [-0.2, 0) is 20.9 Å². The van der Waals surface area contributed by atoms with Crippen LogP contribution in [0.15, 0.2) is 48.5 Å². The highest BCUT2D eigenvalue weighted by molar-refractivity contribution is 5.98. The largest absolute Gasteiger partial charge is 0.514 e. The number of carbonyl (C=O) groups is 5. The number of amides is 5. The SMILES string of the molecule is CC(C)[C@@H](C(=O)N[C@@H](CCCNC(N)=O)C(=O)Nc1ccc(COC(=O)Oc2ccc([N+](=O)[O-])cc2)cc1)N(C(=O)O)C(C)(C)C. The van der Waals surface area contributed by atoms with Gasteiger partial charge in [-0.1, -0.05) is 26.0 Å². The van der Waals surface area contributed by atoms with Crippen molar-refractivity contribution in [2.24, 2.45) is 11.7 Å². The Labute approximate surface area is 265 Å². The summed E-state index contributed by atoms with van der Waals surface area (Å²) in [5, 5.41) is 28.4. The van der Waals surface area contributed by atoms with Crippen molar-refractivity contribution in [1.82, 2.24) is 15.5 Å². The lowest BCUT2D eigenvalue weighted by molar-refractivity contribution is -0.384. The molecule has 0 saturated carbocycles. The van der Waals surface area contributed by atoms with Crippen molar-refractivity contribution < 1.29 is 43.5 Å². The van der Waals surface area contributed by atoms with Crippen molar-refractivity contribution in [3.05, 3.63) is 64.2 Å². The summed E-state index contributed by atoms with van der Waals surface area (Å²) in [4.78, 5) is 73.2. The second-order valence-electron chi connectivity index (χ2n) is 11.6. The maximum absolute atomic E-state index is 13.4. The van der Waals surface area contributed by atoms with Crippen molar-refractivity contribution in [1.29, 1.82) is 0 Å². The number of non-ortho nitro benzene ring substituents is 1. The van der Waals surface area contributed by atoms with Crippen LogP contribution in [0.5, 0.6) is 5.75 Å². The summed E-state index contributed by atoms with van der Waals surface area (Å²) in [5.74, 6) is -1.59. The first-order valence-electron chi connectivity index (χ1n) is 14.3. The third-order valence-electron chi connectivity index (χ3n) is 6.54. The number of nitrogens with two attached hydrogens (primary N) is 1. The lowest BCUT2D eigenvalue weighted by Gasteiger charge is -2.41. The normalized spacial score (nSPS) is 12.3. The first-order valence-corrected chi connectivity index (χ1v) is 14.3. The number of nitro groups is 1. The molecule has 0 radical (unpaired) electrons. The highest BCUT2D eigenvalue weighted by Crippen LogP contribution is 2.23. The highest BCUT2D eigenvalue weighted by Gasteiger charge is 2.40. The van der Waals surface area contributed by atoms with Crippen LogP contribution in [0.3, 0.4) is 0 Å². The van der Waals surface area contributed by atoms with Gasteiger partial charge in [-0.3, -0.25) is 24.6 Å². The summed E-state index contributed by atoms with van der Waals surface area (Å²) in [5.41, 5.74) is 4.95. The Morgan fingerprint density at radius 2 is 1.61 bits per heavy atom. The third kappa shape index (κ3) is 11.6. The predicted octanol–water partition coefficient (Wildman–Crippen LogP) is 3.99. The fourth-order valence-electron chi connectivity index (χ4n) is 4.40. The number of hydrogen-bond acceptors (Lipinski definition) is 9. The second kappa shape index (κ2) is 16.6. The first kappa shape index (κ1) is 36.8. The molecule has 0 fully saturated rings. The van der Waals surface area contributed by atoms with E-state index in [1.165, 1.54) is 24.3 Å². The molecule has 0 aliphatic rings. The molecule has 0 unspecified atom stereocenters. The minimum absolute atomic E-state index is 0.0644. The number of anilines is 1.